The topological polar surface area (TPSA) is 38.8 Å². The van der Waals surface area contributed by atoms with Crippen molar-refractivity contribution in [1.29, 1.82) is 0 Å². The second-order valence-corrected chi connectivity index (χ2v) is 6.79. The molecular formula is C18H28O3. The Bertz CT molecular complexity index is 390. The van der Waals surface area contributed by atoms with Gasteiger partial charge in [0.25, 0.3) is 0 Å². The highest BCUT2D eigenvalue weighted by molar-refractivity contribution is 5.69. The normalized spacial score (nSPS) is 42.3. The van der Waals surface area contributed by atoms with Crippen LogP contribution in [0.15, 0.2) is 12.2 Å². The Kier molecular flexibility index (Phi) is 4.99. The third-order valence-electron chi connectivity index (χ3n) is 5.27. The van der Waals surface area contributed by atoms with Crippen molar-refractivity contribution in [3.05, 3.63) is 12.2 Å². The van der Waals surface area contributed by atoms with Crippen LogP contribution in [0.1, 0.15) is 64.7 Å². The molecule has 0 aromatic rings. The Labute approximate surface area is 128 Å². The summed E-state index contributed by atoms with van der Waals surface area (Å²) in [6.45, 7) is 2.13. The summed E-state index contributed by atoms with van der Waals surface area (Å²) in [5, 5.41) is 0. The molecule has 118 valence electrons. The van der Waals surface area contributed by atoms with Crippen LogP contribution in [0.2, 0.25) is 0 Å². The van der Waals surface area contributed by atoms with E-state index in [9.17, 15) is 4.79 Å². The summed E-state index contributed by atoms with van der Waals surface area (Å²) in [5.41, 5.74) is 0. The van der Waals surface area contributed by atoms with E-state index in [1.54, 1.807) is 0 Å². The van der Waals surface area contributed by atoms with E-state index >= 15 is 0 Å². The molecule has 0 N–H and O–H groups in total. The van der Waals surface area contributed by atoms with Crippen molar-refractivity contribution in [2.24, 2.45) is 11.8 Å². The summed E-state index contributed by atoms with van der Waals surface area (Å²) in [6.07, 6.45) is 15.2. The highest BCUT2D eigenvalue weighted by Crippen LogP contribution is 2.49. The van der Waals surface area contributed by atoms with E-state index in [0.717, 1.165) is 25.7 Å². The fourth-order valence-corrected chi connectivity index (χ4v) is 4.02. The van der Waals surface area contributed by atoms with Crippen LogP contribution in [-0.2, 0) is 14.3 Å². The van der Waals surface area contributed by atoms with Gasteiger partial charge in [0, 0.05) is 18.3 Å². The number of rotatable bonds is 1. The highest BCUT2D eigenvalue weighted by atomic mass is 16.6. The second kappa shape index (κ2) is 6.95. The number of fused-ring (bicyclic) bond motifs is 3. The van der Waals surface area contributed by atoms with Crippen LogP contribution >= 0.6 is 0 Å². The SMILES string of the molecule is CC[C@@H]1OC(=O)CCCCCCC/C=C\C2C1C[C@@H]1O[C@H]21. The first kappa shape index (κ1) is 15.1. The number of cyclic esters (lactones) is 1. The van der Waals surface area contributed by atoms with Gasteiger partial charge in [0.2, 0.25) is 0 Å². The zero-order valence-corrected chi connectivity index (χ0v) is 13.1. The van der Waals surface area contributed by atoms with Gasteiger partial charge < -0.3 is 9.47 Å². The van der Waals surface area contributed by atoms with Crippen molar-refractivity contribution in [2.45, 2.75) is 83.0 Å². The van der Waals surface area contributed by atoms with Crippen LogP contribution in [-0.4, -0.2) is 24.3 Å². The minimum atomic E-state index is 0.00290. The first-order chi connectivity index (χ1) is 10.3. The van der Waals surface area contributed by atoms with E-state index in [-0.39, 0.29) is 12.1 Å². The third kappa shape index (κ3) is 3.68. The molecule has 3 rings (SSSR count). The van der Waals surface area contributed by atoms with E-state index in [4.69, 9.17) is 9.47 Å². The predicted octanol–water partition coefficient (Wildman–Crippen LogP) is 4.01. The van der Waals surface area contributed by atoms with Gasteiger partial charge in [-0.1, -0.05) is 38.3 Å². The van der Waals surface area contributed by atoms with Crippen LogP contribution in [0.5, 0.6) is 0 Å². The Hall–Kier alpha value is -0.830. The largest absolute Gasteiger partial charge is 0.462 e. The smallest absolute Gasteiger partial charge is 0.306 e. The summed E-state index contributed by atoms with van der Waals surface area (Å²) < 4.78 is 11.5. The van der Waals surface area contributed by atoms with Crippen LogP contribution in [0.3, 0.4) is 0 Å². The summed E-state index contributed by atoms with van der Waals surface area (Å²) in [5.74, 6) is 0.917. The molecule has 1 saturated carbocycles. The Morgan fingerprint density at radius 2 is 2.00 bits per heavy atom. The molecule has 0 bridgehead atoms. The number of esters is 1. The number of carbonyl (C=O) groups is 1. The molecule has 2 fully saturated rings. The van der Waals surface area contributed by atoms with Crippen molar-refractivity contribution < 1.29 is 14.3 Å². The Morgan fingerprint density at radius 3 is 2.86 bits per heavy atom. The average molecular weight is 292 g/mol. The summed E-state index contributed by atoms with van der Waals surface area (Å²) in [6, 6.07) is 0. The van der Waals surface area contributed by atoms with E-state index in [1.165, 1.54) is 25.7 Å². The molecule has 0 aromatic heterocycles. The Balaban J connectivity index is 1.69. The number of ether oxygens (including phenoxy) is 2. The molecule has 3 aliphatic rings. The van der Waals surface area contributed by atoms with E-state index in [2.05, 4.69) is 19.1 Å². The molecule has 2 heterocycles. The predicted molar refractivity (Wildman–Crippen MR) is 81.9 cm³/mol. The standard InChI is InChI=1S/C18H28O3/c1-2-15-14-12-16-18(21-16)13(14)10-8-6-4-3-5-7-9-11-17(19)20-15/h8,10,13-16,18H,2-7,9,11-12H2,1H3/b10-8-/t13?,14?,15-,16-,18+/m0/s1. The van der Waals surface area contributed by atoms with Crippen molar-refractivity contribution >= 4 is 5.97 Å². The van der Waals surface area contributed by atoms with Crippen molar-refractivity contribution in [1.82, 2.24) is 0 Å². The maximum absolute atomic E-state index is 12.0. The monoisotopic (exact) mass is 292 g/mol. The van der Waals surface area contributed by atoms with Gasteiger partial charge in [-0.05, 0) is 32.1 Å². The number of epoxide rings is 1. The summed E-state index contributed by atoms with van der Waals surface area (Å²) >= 11 is 0. The molecule has 3 nitrogen and oxygen atoms in total. The molecule has 2 unspecified atom stereocenters. The molecule has 2 aliphatic heterocycles. The first-order valence-electron chi connectivity index (χ1n) is 8.81. The average Bonchev–Trinajstić information content (AvgIpc) is 3.16. The molecule has 3 heteroatoms. The maximum Gasteiger partial charge on any atom is 0.306 e. The fourth-order valence-electron chi connectivity index (χ4n) is 4.02. The molecule has 0 spiro atoms. The first-order valence-corrected chi connectivity index (χ1v) is 8.81. The molecular weight excluding hydrogens is 264 g/mol. The fraction of sp³-hybridized carbons (Fsp3) is 0.833. The third-order valence-corrected chi connectivity index (χ3v) is 5.27. The van der Waals surface area contributed by atoms with Crippen LogP contribution in [0, 0.1) is 11.8 Å². The number of hydrogen-bond donors (Lipinski definition) is 0. The second-order valence-electron chi connectivity index (χ2n) is 6.79. The van der Waals surface area contributed by atoms with Gasteiger partial charge in [0.05, 0.1) is 12.2 Å². The van der Waals surface area contributed by atoms with Crippen molar-refractivity contribution in [3.63, 3.8) is 0 Å². The van der Waals surface area contributed by atoms with E-state index < -0.39 is 0 Å². The number of hydrogen-bond acceptors (Lipinski definition) is 3. The molecule has 1 aliphatic carbocycles. The van der Waals surface area contributed by atoms with Gasteiger partial charge in [0.1, 0.15) is 6.10 Å². The lowest BCUT2D eigenvalue weighted by Gasteiger charge is -2.28. The molecule has 21 heavy (non-hydrogen) atoms. The lowest BCUT2D eigenvalue weighted by Crippen LogP contribution is -2.31. The summed E-state index contributed by atoms with van der Waals surface area (Å²) in [7, 11) is 0. The zero-order valence-electron chi connectivity index (χ0n) is 13.1. The quantitative estimate of drug-likeness (QED) is 0.416. The minimum absolute atomic E-state index is 0.00290. The van der Waals surface area contributed by atoms with Gasteiger partial charge in [0.15, 0.2) is 0 Å². The maximum atomic E-state index is 12.0. The van der Waals surface area contributed by atoms with E-state index in [0.29, 0.717) is 30.5 Å². The molecule has 0 amide bonds. The molecule has 1 saturated heterocycles. The van der Waals surface area contributed by atoms with Crippen molar-refractivity contribution in [2.75, 3.05) is 0 Å². The summed E-state index contributed by atoms with van der Waals surface area (Å²) in [4.78, 5) is 12.0. The molecule has 0 radical (unpaired) electrons. The lowest BCUT2D eigenvalue weighted by molar-refractivity contribution is -0.153. The van der Waals surface area contributed by atoms with Gasteiger partial charge in [-0.2, -0.15) is 0 Å². The van der Waals surface area contributed by atoms with Gasteiger partial charge >= 0.3 is 5.97 Å². The molecule has 0 aromatic carbocycles. The van der Waals surface area contributed by atoms with Crippen LogP contribution in [0.25, 0.3) is 0 Å². The highest BCUT2D eigenvalue weighted by Gasteiger charge is 2.56. The van der Waals surface area contributed by atoms with Crippen LogP contribution < -0.4 is 0 Å². The van der Waals surface area contributed by atoms with Crippen molar-refractivity contribution in [3.8, 4) is 0 Å². The van der Waals surface area contributed by atoms with E-state index in [1.807, 2.05) is 0 Å². The van der Waals surface area contributed by atoms with Crippen LogP contribution in [0.4, 0.5) is 0 Å². The Morgan fingerprint density at radius 1 is 1.19 bits per heavy atom. The van der Waals surface area contributed by atoms with Gasteiger partial charge in [-0.3, -0.25) is 4.79 Å². The zero-order chi connectivity index (χ0) is 14.7. The number of allylic oxidation sites excluding steroid dienone is 1. The lowest BCUT2D eigenvalue weighted by atomic mass is 9.87. The van der Waals surface area contributed by atoms with Gasteiger partial charge in [-0.25, -0.2) is 0 Å². The minimum Gasteiger partial charge on any atom is -0.462 e. The molecule has 5 atom stereocenters. The number of carbonyl (C=O) groups excluding carboxylic acids is 1. The van der Waals surface area contributed by atoms with Gasteiger partial charge in [-0.15, -0.1) is 0 Å².